The van der Waals surface area contributed by atoms with Crippen LogP contribution in [0.3, 0.4) is 0 Å². The minimum Gasteiger partial charge on any atom is -0.454 e. The first-order valence-electron chi connectivity index (χ1n) is 6.45. The summed E-state index contributed by atoms with van der Waals surface area (Å²) < 4.78 is 5.98. The molecule has 0 unspecified atom stereocenters. The molecule has 20 heavy (non-hydrogen) atoms. The van der Waals surface area contributed by atoms with Crippen LogP contribution in [0.2, 0.25) is 0 Å². The number of benzene rings is 2. The lowest BCUT2D eigenvalue weighted by atomic mass is 10.1. The van der Waals surface area contributed by atoms with Gasteiger partial charge in [0.1, 0.15) is 17.6 Å². The van der Waals surface area contributed by atoms with E-state index in [9.17, 15) is 0 Å². The zero-order valence-electron chi connectivity index (χ0n) is 11.4. The van der Waals surface area contributed by atoms with Gasteiger partial charge < -0.3 is 4.42 Å². The molecule has 1 heterocycles. The smallest absolute Gasteiger partial charge is 0.161 e. The van der Waals surface area contributed by atoms with Crippen LogP contribution in [0.1, 0.15) is 6.92 Å². The molecule has 4 heteroatoms. The van der Waals surface area contributed by atoms with Crippen LogP contribution in [0.4, 0.5) is 5.69 Å². The molecule has 0 saturated carbocycles. The Hall–Kier alpha value is -2.62. The van der Waals surface area contributed by atoms with Crippen molar-refractivity contribution >= 4 is 40.2 Å². The van der Waals surface area contributed by atoms with E-state index >= 15 is 0 Å². The molecule has 3 aromatic rings. The minimum absolute atomic E-state index is 0.819. The van der Waals surface area contributed by atoms with E-state index < -0.39 is 0 Å². The van der Waals surface area contributed by atoms with E-state index in [1.54, 1.807) is 24.6 Å². The van der Waals surface area contributed by atoms with E-state index in [1.165, 1.54) is 0 Å². The summed E-state index contributed by atoms with van der Waals surface area (Å²) in [6.45, 7) is 1.87. The minimum atomic E-state index is 0.819. The fraction of sp³-hybridized carbons (Fsp3) is 0.125. The molecule has 0 atom stereocenters. The maximum Gasteiger partial charge on any atom is 0.161 e. The summed E-state index contributed by atoms with van der Waals surface area (Å²) in [5.74, 6) is 0. The van der Waals surface area contributed by atoms with Crippen molar-refractivity contribution in [3.8, 4) is 0 Å². The largest absolute Gasteiger partial charge is 0.454 e. The molecule has 3 rings (SSSR count). The fourth-order valence-electron chi connectivity index (χ4n) is 2.30. The van der Waals surface area contributed by atoms with Gasteiger partial charge in [-0.15, -0.1) is 0 Å². The maximum atomic E-state index is 5.98. The molecule has 0 N–H and O–H groups in total. The zero-order chi connectivity index (χ0) is 13.9. The monoisotopic (exact) mass is 265 g/mol. The lowest BCUT2D eigenvalue weighted by Gasteiger charge is -2.12. The van der Waals surface area contributed by atoms with Crippen molar-refractivity contribution in [3.63, 3.8) is 0 Å². The Kier molecular flexibility index (Phi) is 3.21. The van der Waals surface area contributed by atoms with Crippen LogP contribution in [0.25, 0.3) is 21.9 Å². The summed E-state index contributed by atoms with van der Waals surface area (Å²) in [7, 11) is 1.72. The number of para-hydroxylation sites is 2. The van der Waals surface area contributed by atoms with Gasteiger partial charge in [-0.25, -0.2) is 5.01 Å². The van der Waals surface area contributed by atoms with Gasteiger partial charge in [-0.3, -0.25) is 4.99 Å². The van der Waals surface area contributed by atoms with E-state index in [2.05, 4.69) is 22.2 Å². The van der Waals surface area contributed by atoms with Gasteiger partial charge in [0.2, 0.25) is 0 Å². The van der Waals surface area contributed by atoms with Crippen LogP contribution in [-0.4, -0.2) is 19.6 Å². The summed E-state index contributed by atoms with van der Waals surface area (Å²) in [6, 6.07) is 14.0. The Bertz CT molecular complexity index is 790. The number of hydrazone groups is 1. The van der Waals surface area contributed by atoms with E-state index in [-0.39, 0.29) is 0 Å². The van der Waals surface area contributed by atoms with Gasteiger partial charge in [0.25, 0.3) is 0 Å². The highest BCUT2D eigenvalue weighted by molar-refractivity contribution is 6.10. The Morgan fingerprint density at radius 3 is 2.65 bits per heavy atom. The first-order chi connectivity index (χ1) is 9.85. The lowest BCUT2D eigenvalue weighted by molar-refractivity contribution is 0.668. The molecule has 0 fully saturated rings. The molecule has 0 radical (unpaired) electrons. The average Bonchev–Trinajstić information content (AvgIpc) is 2.85. The van der Waals surface area contributed by atoms with Gasteiger partial charge in [-0.05, 0) is 19.1 Å². The number of fused-ring (bicyclic) bond motifs is 3. The molecular weight excluding hydrogens is 250 g/mol. The zero-order valence-corrected chi connectivity index (χ0v) is 11.4. The quantitative estimate of drug-likeness (QED) is 0.407. The molecule has 0 aliphatic carbocycles. The van der Waals surface area contributed by atoms with Crippen molar-refractivity contribution in [2.75, 3.05) is 12.1 Å². The van der Waals surface area contributed by atoms with E-state index in [0.29, 0.717) is 0 Å². The van der Waals surface area contributed by atoms with Crippen LogP contribution in [0.15, 0.2) is 57.0 Å². The van der Waals surface area contributed by atoms with Crippen molar-refractivity contribution in [1.82, 2.24) is 0 Å². The van der Waals surface area contributed by atoms with Crippen molar-refractivity contribution in [2.24, 2.45) is 10.1 Å². The molecule has 100 valence electrons. The fourth-order valence-corrected chi connectivity index (χ4v) is 2.30. The Balaban J connectivity index is 2.30. The van der Waals surface area contributed by atoms with Crippen molar-refractivity contribution in [2.45, 2.75) is 6.92 Å². The molecule has 0 saturated heterocycles. The van der Waals surface area contributed by atoms with Crippen LogP contribution < -0.4 is 5.01 Å². The molecule has 0 bridgehead atoms. The highest BCUT2D eigenvalue weighted by atomic mass is 16.3. The molecule has 1 aromatic heterocycles. The summed E-state index contributed by atoms with van der Waals surface area (Å²) in [5.41, 5.74) is 2.57. The van der Waals surface area contributed by atoms with Crippen molar-refractivity contribution in [1.29, 1.82) is 0 Å². The van der Waals surface area contributed by atoms with E-state index in [1.807, 2.05) is 37.3 Å². The molecular formula is C16H15N3O. The van der Waals surface area contributed by atoms with Crippen LogP contribution in [0.5, 0.6) is 0 Å². The highest BCUT2D eigenvalue weighted by Crippen LogP contribution is 2.34. The highest BCUT2D eigenvalue weighted by Gasteiger charge is 2.13. The number of nitrogens with zero attached hydrogens (tertiary/aromatic N) is 3. The molecule has 0 spiro atoms. The maximum absolute atomic E-state index is 5.98. The predicted octanol–water partition coefficient (Wildman–Crippen LogP) is 4.06. The second-order valence-corrected chi connectivity index (χ2v) is 4.34. The number of hydrogen-bond acceptors (Lipinski definition) is 3. The third-order valence-corrected chi connectivity index (χ3v) is 3.10. The number of anilines is 1. The topological polar surface area (TPSA) is 41.1 Å². The number of furan rings is 1. The van der Waals surface area contributed by atoms with Gasteiger partial charge in [-0.1, -0.05) is 30.3 Å². The predicted molar refractivity (Wildman–Crippen MR) is 84.8 cm³/mol. The Morgan fingerprint density at radius 2 is 1.85 bits per heavy atom. The second-order valence-electron chi connectivity index (χ2n) is 4.34. The van der Waals surface area contributed by atoms with Gasteiger partial charge in [-0.2, -0.15) is 5.10 Å². The molecule has 0 aliphatic heterocycles. The number of aliphatic imine (C=N–C) groups is 1. The summed E-state index contributed by atoms with van der Waals surface area (Å²) >= 11 is 0. The van der Waals surface area contributed by atoms with Crippen LogP contribution >= 0.6 is 0 Å². The van der Waals surface area contributed by atoms with Gasteiger partial charge in [0, 0.05) is 24.0 Å². The molecule has 2 aromatic carbocycles. The van der Waals surface area contributed by atoms with Crippen molar-refractivity contribution < 1.29 is 4.42 Å². The van der Waals surface area contributed by atoms with Crippen LogP contribution in [-0.2, 0) is 0 Å². The van der Waals surface area contributed by atoms with E-state index in [4.69, 9.17) is 4.42 Å². The first-order valence-corrected chi connectivity index (χ1v) is 6.45. The summed E-state index contributed by atoms with van der Waals surface area (Å²) in [4.78, 5) is 4.04. The Labute approximate surface area is 117 Å². The van der Waals surface area contributed by atoms with Crippen LogP contribution in [0, 0.1) is 0 Å². The lowest BCUT2D eigenvalue weighted by Crippen LogP contribution is -2.13. The number of rotatable bonds is 3. The van der Waals surface area contributed by atoms with Gasteiger partial charge >= 0.3 is 0 Å². The third-order valence-electron chi connectivity index (χ3n) is 3.10. The molecule has 0 amide bonds. The third kappa shape index (κ3) is 1.95. The van der Waals surface area contributed by atoms with Crippen molar-refractivity contribution in [3.05, 3.63) is 42.5 Å². The average molecular weight is 265 g/mol. The SMILES string of the molecule is C/C=N\N(C=NC)c1cccc2c1oc1ccccc12. The van der Waals surface area contributed by atoms with Gasteiger partial charge in [0.05, 0.1) is 0 Å². The van der Waals surface area contributed by atoms with Gasteiger partial charge in [0.15, 0.2) is 5.58 Å². The molecule has 0 aliphatic rings. The van der Waals surface area contributed by atoms with E-state index in [0.717, 1.165) is 27.6 Å². The summed E-state index contributed by atoms with van der Waals surface area (Å²) in [6.07, 6.45) is 3.39. The second kappa shape index (κ2) is 5.17. The summed E-state index contributed by atoms with van der Waals surface area (Å²) in [5, 5.41) is 8.21. The standard InChI is InChI=1S/C16H15N3O/c1-3-18-19(11-17-2)14-9-6-8-13-12-7-4-5-10-15(12)20-16(13)14/h3-11H,1-2H3/b17-11?,18-3-. The Morgan fingerprint density at radius 1 is 1.05 bits per heavy atom. The first kappa shape index (κ1) is 12.4. The number of hydrogen-bond donors (Lipinski definition) is 0. The normalized spacial score (nSPS) is 12.1. The molecule has 4 nitrogen and oxygen atoms in total.